The van der Waals surface area contributed by atoms with Gasteiger partial charge < -0.3 is 9.84 Å². The SMILES string of the molecule is COc1c(CCCC(=O)O)cccc1SC. The van der Waals surface area contributed by atoms with Gasteiger partial charge in [0, 0.05) is 11.3 Å². The van der Waals surface area contributed by atoms with Crippen molar-refractivity contribution < 1.29 is 14.6 Å². The van der Waals surface area contributed by atoms with E-state index in [1.165, 1.54) is 0 Å². The van der Waals surface area contributed by atoms with Crippen LogP contribution in [-0.2, 0) is 11.2 Å². The van der Waals surface area contributed by atoms with Gasteiger partial charge in [-0.1, -0.05) is 12.1 Å². The minimum Gasteiger partial charge on any atom is -0.495 e. The Hall–Kier alpha value is -1.16. The second-order valence-corrected chi connectivity index (χ2v) is 4.25. The molecule has 0 heterocycles. The van der Waals surface area contributed by atoms with Gasteiger partial charge in [-0.05, 0) is 30.7 Å². The number of rotatable bonds is 6. The van der Waals surface area contributed by atoms with Crippen LogP contribution in [0.2, 0.25) is 0 Å². The first-order valence-electron chi connectivity index (χ1n) is 5.10. The van der Waals surface area contributed by atoms with Crippen molar-refractivity contribution in [1.82, 2.24) is 0 Å². The van der Waals surface area contributed by atoms with E-state index in [1.807, 2.05) is 24.5 Å². The number of hydrogen-bond acceptors (Lipinski definition) is 3. The molecular weight excluding hydrogens is 224 g/mol. The fraction of sp³-hybridized carbons (Fsp3) is 0.417. The molecule has 0 atom stereocenters. The van der Waals surface area contributed by atoms with E-state index in [4.69, 9.17) is 9.84 Å². The number of carbonyl (C=O) groups is 1. The highest BCUT2D eigenvalue weighted by Crippen LogP contribution is 2.31. The van der Waals surface area contributed by atoms with Crippen LogP contribution in [-0.4, -0.2) is 24.4 Å². The standard InChI is InChI=1S/C12H16O3S/c1-15-12-9(6-4-8-11(13)14)5-3-7-10(12)16-2/h3,5,7H,4,6,8H2,1-2H3,(H,13,14). The Labute approximate surface area is 99.8 Å². The number of benzene rings is 1. The Morgan fingerprint density at radius 1 is 1.50 bits per heavy atom. The molecule has 0 saturated heterocycles. The van der Waals surface area contributed by atoms with Gasteiger partial charge in [-0.3, -0.25) is 4.79 Å². The molecule has 16 heavy (non-hydrogen) atoms. The highest BCUT2D eigenvalue weighted by Gasteiger charge is 2.08. The molecule has 0 aliphatic carbocycles. The van der Waals surface area contributed by atoms with Crippen LogP contribution >= 0.6 is 11.8 Å². The third-order valence-electron chi connectivity index (χ3n) is 2.32. The summed E-state index contributed by atoms with van der Waals surface area (Å²) in [6, 6.07) is 5.97. The van der Waals surface area contributed by atoms with Crippen molar-refractivity contribution in [3.8, 4) is 5.75 Å². The largest absolute Gasteiger partial charge is 0.495 e. The third kappa shape index (κ3) is 3.45. The second-order valence-electron chi connectivity index (χ2n) is 3.40. The van der Waals surface area contributed by atoms with E-state index in [1.54, 1.807) is 18.9 Å². The molecule has 1 N–H and O–H groups in total. The molecule has 0 aromatic heterocycles. The normalized spacial score (nSPS) is 10.1. The lowest BCUT2D eigenvalue weighted by Gasteiger charge is -2.11. The Balaban J connectivity index is 2.74. The van der Waals surface area contributed by atoms with Crippen LogP contribution < -0.4 is 4.74 Å². The quantitative estimate of drug-likeness (QED) is 0.777. The highest BCUT2D eigenvalue weighted by molar-refractivity contribution is 7.98. The molecule has 0 bridgehead atoms. The molecule has 0 saturated carbocycles. The van der Waals surface area contributed by atoms with Crippen LogP contribution in [0.15, 0.2) is 23.1 Å². The molecule has 0 spiro atoms. The molecule has 0 radical (unpaired) electrons. The van der Waals surface area contributed by atoms with Crippen LogP contribution in [0.1, 0.15) is 18.4 Å². The highest BCUT2D eigenvalue weighted by atomic mass is 32.2. The average Bonchev–Trinajstić information content (AvgIpc) is 2.28. The topological polar surface area (TPSA) is 46.5 Å². The molecule has 0 fully saturated rings. The minimum absolute atomic E-state index is 0.201. The van der Waals surface area contributed by atoms with Gasteiger partial charge in [0.05, 0.1) is 7.11 Å². The number of para-hydroxylation sites is 1. The van der Waals surface area contributed by atoms with E-state index in [0.717, 1.165) is 22.6 Å². The maximum absolute atomic E-state index is 10.4. The first-order chi connectivity index (χ1) is 7.69. The van der Waals surface area contributed by atoms with Gasteiger partial charge >= 0.3 is 5.97 Å². The summed E-state index contributed by atoms with van der Waals surface area (Å²) in [5.41, 5.74) is 1.08. The first-order valence-corrected chi connectivity index (χ1v) is 6.33. The number of thioether (sulfide) groups is 1. The third-order valence-corrected chi connectivity index (χ3v) is 3.08. The minimum atomic E-state index is -0.750. The Kier molecular flexibility index (Phi) is 5.19. The number of carboxylic acid groups (broad SMARTS) is 1. The van der Waals surface area contributed by atoms with E-state index in [2.05, 4.69) is 0 Å². The van der Waals surface area contributed by atoms with Gasteiger partial charge in [-0.25, -0.2) is 0 Å². The fourth-order valence-corrected chi connectivity index (χ4v) is 2.20. The molecular formula is C12H16O3S. The molecule has 1 aromatic rings. The molecule has 1 rings (SSSR count). The van der Waals surface area contributed by atoms with Crippen LogP contribution in [0.5, 0.6) is 5.75 Å². The summed E-state index contributed by atoms with van der Waals surface area (Å²) in [4.78, 5) is 11.5. The van der Waals surface area contributed by atoms with Gasteiger partial charge in [0.2, 0.25) is 0 Å². The van der Waals surface area contributed by atoms with Crippen LogP contribution in [0.3, 0.4) is 0 Å². The summed E-state index contributed by atoms with van der Waals surface area (Å²) < 4.78 is 5.36. The molecule has 0 aliphatic rings. The molecule has 4 heteroatoms. The predicted octanol–water partition coefficient (Wildman–Crippen LogP) is 2.82. The van der Waals surface area contributed by atoms with Crippen LogP contribution in [0, 0.1) is 0 Å². The number of hydrogen-bond donors (Lipinski definition) is 1. The summed E-state index contributed by atoms with van der Waals surface area (Å²) in [6.45, 7) is 0. The number of methoxy groups -OCH3 is 1. The second kappa shape index (κ2) is 6.43. The first kappa shape index (κ1) is 12.9. The molecule has 0 amide bonds. The molecule has 0 aliphatic heterocycles. The van der Waals surface area contributed by atoms with Crippen molar-refractivity contribution >= 4 is 17.7 Å². The Morgan fingerprint density at radius 2 is 2.25 bits per heavy atom. The van der Waals surface area contributed by atoms with Crippen molar-refractivity contribution in [1.29, 1.82) is 0 Å². The van der Waals surface area contributed by atoms with E-state index < -0.39 is 5.97 Å². The number of carboxylic acids is 1. The fourth-order valence-electron chi connectivity index (χ4n) is 1.58. The lowest BCUT2D eigenvalue weighted by Crippen LogP contribution is -1.98. The van der Waals surface area contributed by atoms with E-state index in [9.17, 15) is 4.79 Å². The Morgan fingerprint density at radius 3 is 2.81 bits per heavy atom. The number of ether oxygens (including phenoxy) is 1. The van der Waals surface area contributed by atoms with Crippen molar-refractivity contribution in [3.05, 3.63) is 23.8 Å². The Bertz CT molecular complexity index is 363. The molecule has 1 aromatic carbocycles. The summed E-state index contributed by atoms with van der Waals surface area (Å²) in [5, 5.41) is 8.58. The van der Waals surface area contributed by atoms with Crippen molar-refractivity contribution in [2.24, 2.45) is 0 Å². The van der Waals surface area contributed by atoms with Gasteiger partial charge in [0.1, 0.15) is 5.75 Å². The monoisotopic (exact) mass is 240 g/mol. The van der Waals surface area contributed by atoms with Gasteiger partial charge in [-0.15, -0.1) is 11.8 Å². The van der Waals surface area contributed by atoms with Crippen molar-refractivity contribution in [3.63, 3.8) is 0 Å². The van der Waals surface area contributed by atoms with E-state index in [-0.39, 0.29) is 6.42 Å². The zero-order chi connectivity index (χ0) is 12.0. The summed E-state index contributed by atoms with van der Waals surface area (Å²) in [5.74, 6) is 0.125. The maximum atomic E-state index is 10.4. The zero-order valence-corrected chi connectivity index (χ0v) is 10.3. The molecule has 88 valence electrons. The summed E-state index contributed by atoms with van der Waals surface area (Å²) in [6.07, 6.45) is 3.58. The van der Waals surface area contributed by atoms with E-state index >= 15 is 0 Å². The predicted molar refractivity (Wildman–Crippen MR) is 65.3 cm³/mol. The van der Waals surface area contributed by atoms with Crippen LogP contribution in [0.4, 0.5) is 0 Å². The maximum Gasteiger partial charge on any atom is 0.303 e. The summed E-state index contributed by atoms with van der Waals surface area (Å²) in [7, 11) is 1.65. The lowest BCUT2D eigenvalue weighted by atomic mass is 10.1. The molecule has 3 nitrogen and oxygen atoms in total. The smallest absolute Gasteiger partial charge is 0.303 e. The number of aliphatic carboxylic acids is 1. The summed E-state index contributed by atoms with van der Waals surface area (Å²) >= 11 is 1.63. The van der Waals surface area contributed by atoms with Gasteiger partial charge in [0.25, 0.3) is 0 Å². The van der Waals surface area contributed by atoms with Crippen LogP contribution in [0.25, 0.3) is 0 Å². The van der Waals surface area contributed by atoms with Gasteiger partial charge in [0.15, 0.2) is 0 Å². The average molecular weight is 240 g/mol. The van der Waals surface area contributed by atoms with Crippen molar-refractivity contribution in [2.45, 2.75) is 24.2 Å². The van der Waals surface area contributed by atoms with Crippen molar-refractivity contribution in [2.75, 3.05) is 13.4 Å². The zero-order valence-electron chi connectivity index (χ0n) is 9.53. The lowest BCUT2D eigenvalue weighted by molar-refractivity contribution is -0.137. The van der Waals surface area contributed by atoms with Gasteiger partial charge in [-0.2, -0.15) is 0 Å². The number of aryl methyl sites for hydroxylation is 1. The van der Waals surface area contributed by atoms with E-state index in [0.29, 0.717) is 6.42 Å². The molecule has 0 unspecified atom stereocenters.